The maximum atomic E-state index is 10.2. The predicted octanol–water partition coefficient (Wildman–Crippen LogP) is 6.66. The van der Waals surface area contributed by atoms with E-state index in [4.69, 9.17) is 0 Å². The first kappa shape index (κ1) is 19.1. The fourth-order valence-electron chi connectivity index (χ4n) is 4.27. The Bertz CT molecular complexity index is 1160. The van der Waals surface area contributed by atoms with E-state index in [0.29, 0.717) is 11.5 Å². The number of phenols is 2. The summed E-state index contributed by atoms with van der Waals surface area (Å²) in [6.45, 7) is 7.98. The molecule has 0 amide bonds. The predicted molar refractivity (Wildman–Crippen MR) is 120 cm³/mol. The molecule has 0 spiro atoms. The molecule has 0 aliphatic heterocycles. The van der Waals surface area contributed by atoms with Gasteiger partial charge in [-0.3, -0.25) is 0 Å². The number of phenolic OH excluding ortho intramolecular Hbond substituents is 2. The first-order valence-electron chi connectivity index (χ1n) is 9.94. The largest absolute Gasteiger partial charge is 0.508 e. The van der Waals surface area contributed by atoms with E-state index in [1.807, 2.05) is 26.0 Å². The van der Waals surface area contributed by atoms with Crippen molar-refractivity contribution in [3.05, 3.63) is 106 Å². The summed E-state index contributed by atoms with van der Waals surface area (Å²) in [5.74, 6) is 0.641. The zero-order valence-electron chi connectivity index (χ0n) is 17.3. The van der Waals surface area contributed by atoms with Gasteiger partial charge in [-0.1, -0.05) is 54.6 Å². The zero-order valence-corrected chi connectivity index (χ0v) is 17.3. The Morgan fingerprint density at radius 3 is 1.66 bits per heavy atom. The van der Waals surface area contributed by atoms with Crippen molar-refractivity contribution in [3.63, 3.8) is 0 Å². The van der Waals surface area contributed by atoms with Crippen LogP contribution < -0.4 is 0 Å². The molecule has 0 fully saturated rings. The Hall–Kier alpha value is -3.26. The highest BCUT2D eigenvalue weighted by Crippen LogP contribution is 2.41. The van der Waals surface area contributed by atoms with Crippen molar-refractivity contribution >= 4 is 10.8 Å². The lowest BCUT2D eigenvalue weighted by molar-refractivity contribution is 0.470. The minimum atomic E-state index is -0.000278. The second kappa shape index (κ2) is 7.29. The third kappa shape index (κ3) is 3.36. The molecule has 0 aliphatic carbocycles. The number of aryl methyl sites for hydroxylation is 4. The fraction of sp³-hybridized carbons (Fsp3) is 0.185. The molecule has 2 heteroatoms. The average molecular weight is 383 g/mol. The van der Waals surface area contributed by atoms with Gasteiger partial charge in [0.1, 0.15) is 11.5 Å². The standard InChI is InChI=1S/C27H26O2/c1-16-14-25(28)18(3)12-23(16)27(24-13-19(4)26(29)15-17(24)2)22-11-7-9-20-8-5-6-10-21(20)22/h5-15,27-29H,1-4H3. The Balaban J connectivity index is 2.08. The number of hydrogen-bond acceptors (Lipinski definition) is 2. The van der Waals surface area contributed by atoms with Gasteiger partial charge in [0.05, 0.1) is 0 Å². The Morgan fingerprint density at radius 2 is 1.07 bits per heavy atom. The summed E-state index contributed by atoms with van der Waals surface area (Å²) < 4.78 is 0. The molecule has 2 nitrogen and oxygen atoms in total. The van der Waals surface area contributed by atoms with Crippen LogP contribution in [0.3, 0.4) is 0 Å². The smallest absolute Gasteiger partial charge is 0.118 e. The number of rotatable bonds is 3. The van der Waals surface area contributed by atoms with Crippen molar-refractivity contribution in [2.45, 2.75) is 33.6 Å². The van der Waals surface area contributed by atoms with E-state index in [1.165, 1.54) is 27.5 Å². The summed E-state index contributed by atoms with van der Waals surface area (Å²) in [5, 5.41) is 22.9. The summed E-state index contributed by atoms with van der Waals surface area (Å²) in [4.78, 5) is 0. The van der Waals surface area contributed by atoms with Crippen LogP contribution in [0.4, 0.5) is 0 Å². The van der Waals surface area contributed by atoms with Gasteiger partial charge in [0.25, 0.3) is 0 Å². The van der Waals surface area contributed by atoms with Gasteiger partial charge >= 0.3 is 0 Å². The van der Waals surface area contributed by atoms with Crippen molar-refractivity contribution in [3.8, 4) is 11.5 Å². The molecule has 0 radical (unpaired) electrons. The number of aromatic hydroxyl groups is 2. The van der Waals surface area contributed by atoms with E-state index in [1.54, 1.807) is 0 Å². The fourth-order valence-corrected chi connectivity index (χ4v) is 4.27. The van der Waals surface area contributed by atoms with E-state index < -0.39 is 0 Å². The Morgan fingerprint density at radius 1 is 0.552 bits per heavy atom. The second-order valence-corrected chi connectivity index (χ2v) is 7.99. The maximum absolute atomic E-state index is 10.2. The topological polar surface area (TPSA) is 40.5 Å². The van der Waals surface area contributed by atoms with Gasteiger partial charge in [0.2, 0.25) is 0 Å². The molecule has 0 unspecified atom stereocenters. The van der Waals surface area contributed by atoms with E-state index in [9.17, 15) is 10.2 Å². The number of benzene rings is 4. The van der Waals surface area contributed by atoms with Crippen LogP contribution in [0.15, 0.2) is 66.7 Å². The van der Waals surface area contributed by atoms with Crippen molar-refractivity contribution in [2.24, 2.45) is 0 Å². The number of hydrogen-bond donors (Lipinski definition) is 2. The third-order valence-electron chi connectivity index (χ3n) is 5.93. The summed E-state index contributed by atoms with van der Waals surface area (Å²) >= 11 is 0. The van der Waals surface area contributed by atoms with Crippen LogP contribution in [0, 0.1) is 27.7 Å². The molecule has 29 heavy (non-hydrogen) atoms. The van der Waals surface area contributed by atoms with Crippen molar-refractivity contribution in [2.75, 3.05) is 0 Å². The minimum absolute atomic E-state index is 0.000278. The molecule has 0 atom stereocenters. The normalized spacial score (nSPS) is 11.3. The van der Waals surface area contributed by atoms with Crippen LogP contribution in [-0.4, -0.2) is 10.2 Å². The lowest BCUT2D eigenvalue weighted by Gasteiger charge is -2.25. The third-order valence-corrected chi connectivity index (χ3v) is 5.93. The first-order chi connectivity index (χ1) is 13.9. The van der Waals surface area contributed by atoms with E-state index in [2.05, 4.69) is 68.4 Å². The van der Waals surface area contributed by atoms with Gasteiger partial charge in [0, 0.05) is 5.92 Å². The molecule has 2 N–H and O–H groups in total. The van der Waals surface area contributed by atoms with Gasteiger partial charge in [-0.05, 0) is 89.5 Å². The molecule has 0 saturated heterocycles. The number of fused-ring (bicyclic) bond motifs is 1. The average Bonchev–Trinajstić information content (AvgIpc) is 2.70. The molecule has 0 aliphatic rings. The van der Waals surface area contributed by atoms with E-state index in [0.717, 1.165) is 22.3 Å². The summed E-state index contributed by atoms with van der Waals surface area (Å²) in [6.07, 6.45) is 0. The molecule has 0 heterocycles. The molecular formula is C27H26O2. The molecular weight excluding hydrogens is 356 g/mol. The maximum Gasteiger partial charge on any atom is 0.118 e. The van der Waals surface area contributed by atoms with E-state index in [-0.39, 0.29) is 5.92 Å². The quantitative estimate of drug-likeness (QED) is 0.389. The molecule has 4 aromatic rings. The van der Waals surface area contributed by atoms with Crippen LogP contribution in [0.5, 0.6) is 11.5 Å². The summed E-state index contributed by atoms with van der Waals surface area (Å²) in [6, 6.07) is 22.8. The van der Waals surface area contributed by atoms with Crippen molar-refractivity contribution < 1.29 is 10.2 Å². The second-order valence-electron chi connectivity index (χ2n) is 7.99. The highest BCUT2D eigenvalue weighted by atomic mass is 16.3. The summed E-state index contributed by atoms with van der Waals surface area (Å²) in [7, 11) is 0. The van der Waals surface area contributed by atoms with Crippen LogP contribution in [0.2, 0.25) is 0 Å². The zero-order chi connectivity index (χ0) is 20.7. The van der Waals surface area contributed by atoms with Gasteiger partial charge in [-0.15, -0.1) is 0 Å². The molecule has 4 rings (SSSR count). The van der Waals surface area contributed by atoms with Gasteiger partial charge in [-0.25, -0.2) is 0 Å². The molecule has 146 valence electrons. The lowest BCUT2D eigenvalue weighted by Crippen LogP contribution is -2.09. The highest BCUT2D eigenvalue weighted by molar-refractivity contribution is 5.87. The van der Waals surface area contributed by atoms with Crippen LogP contribution in [-0.2, 0) is 0 Å². The van der Waals surface area contributed by atoms with E-state index >= 15 is 0 Å². The van der Waals surface area contributed by atoms with Crippen LogP contribution in [0.1, 0.15) is 44.9 Å². The van der Waals surface area contributed by atoms with Crippen molar-refractivity contribution in [1.29, 1.82) is 0 Å². The molecule has 0 saturated carbocycles. The highest BCUT2D eigenvalue weighted by Gasteiger charge is 2.24. The molecule has 0 bridgehead atoms. The van der Waals surface area contributed by atoms with Crippen molar-refractivity contribution in [1.82, 2.24) is 0 Å². The lowest BCUT2D eigenvalue weighted by atomic mass is 9.78. The monoisotopic (exact) mass is 382 g/mol. The Kier molecular flexibility index (Phi) is 4.79. The van der Waals surface area contributed by atoms with Gasteiger partial charge in [0.15, 0.2) is 0 Å². The minimum Gasteiger partial charge on any atom is -0.508 e. The molecule has 4 aromatic carbocycles. The summed E-state index contributed by atoms with van der Waals surface area (Å²) in [5.41, 5.74) is 7.40. The van der Waals surface area contributed by atoms with Crippen LogP contribution in [0.25, 0.3) is 10.8 Å². The van der Waals surface area contributed by atoms with Gasteiger partial charge < -0.3 is 10.2 Å². The molecule has 0 aromatic heterocycles. The SMILES string of the molecule is Cc1cc(C(c2cc(C)c(O)cc2C)c2cccc3ccccc23)c(C)cc1O. The Labute approximate surface area is 172 Å². The van der Waals surface area contributed by atoms with Crippen LogP contribution >= 0.6 is 0 Å². The first-order valence-corrected chi connectivity index (χ1v) is 9.94. The van der Waals surface area contributed by atoms with Gasteiger partial charge in [-0.2, -0.15) is 0 Å².